The molecule has 0 saturated heterocycles. The zero-order valence-electron chi connectivity index (χ0n) is 13.1. The quantitative estimate of drug-likeness (QED) is 0.673. The molecule has 0 spiro atoms. The van der Waals surface area contributed by atoms with Gasteiger partial charge in [-0.2, -0.15) is 5.10 Å². The Labute approximate surface area is 128 Å². The number of nitrogens with zero attached hydrogens (tertiary/aromatic N) is 3. The number of benzene rings is 1. The number of hydrogen-bond acceptors (Lipinski definition) is 2. The fraction of sp³-hybridized carbons (Fsp3) is 0.294. The lowest BCUT2D eigenvalue weighted by Gasteiger charge is -2.11. The second-order valence-electron chi connectivity index (χ2n) is 4.82. The van der Waals surface area contributed by atoms with Gasteiger partial charge in [0, 0.05) is 42.2 Å². The Morgan fingerprint density at radius 3 is 2.41 bits per heavy atom. The average molecular weight is 303 g/mol. The Morgan fingerprint density at radius 1 is 1.09 bits per heavy atom. The summed E-state index contributed by atoms with van der Waals surface area (Å²) in [5.41, 5.74) is 2.11. The van der Waals surface area contributed by atoms with Crippen molar-refractivity contribution in [1.29, 1.82) is 0 Å². The molecule has 0 radical (unpaired) electrons. The van der Waals surface area contributed by atoms with Crippen LogP contribution in [-0.4, -0.2) is 14.8 Å². The maximum absolute atomic E-state index is 13.3. The van der Waals surface area contributed by atoms with Gasteiger partial charge in [-0.05, 0) is 35.6 Å². The first kappa shape index (κ1) is 16.1. The molecule has 3 aromatic rings. The number of rotatable bonds is 2. The van der Waals surface area contributed by atoms with Crippen LogP contribution < -0.4 is 0 Å². The molecule has 0 bridgehead atoms. The molecular weight excluding hydrogens is 284 g/mol. The first-order valence-corrected chi connectivity index (χ1v) is 7.21. The van der Waals surface area contributed by atoms with Crippen molar-refractivity contribution in [1.82, 2.24) is 14.8 Å². The predicted molar refractivity (Wildman–Crippen MR) is 85.0 cm³/mol. The highest BCUT2D eigenvalue weighted by molar-refractivity contribution is 5.90. The van der Waals surface area contributed by atoms with Gasteiger partial charge in [-0.3, -0.25) is 9.67 Å². The molecule has 5 heteroatoms. The molecule has 3 rings (SSSR count). The van der Waals surface area contributed by atoms with Gasteiger partial charge in [-0.15, -0.1) is 0 Å². The van der Waals surface area contributed by atoms with E-state index in [1.54, 1.807) is 48.6 Å². The van der Waals surface area contributed by atoms with Gasteiger partial charge in [-0.1, -0.05) is 13.8 Å². The van der Waals surface area contributed by atoms with Crippen molar-refractivity contribution in [2.45, 2.75) is 27.2 Å². The van der Waals surface area contributed by atoms with E-state index < -0.39 is 6.43 Å². The summed E-state index contributed by atoms with van der Waals surface area (Å²) >= 11 is 0. The van der Waals surface area contributed by atoms with Crippen LogP contribution in [0.25, 0.3) is 21.9 Å². The molecule has 0 fully saturated rings. The summed E-state index contributed by atoms with van der Waals surface area (Å²) in [6.45, 7) is 5.87. The van der Waals surface area contributed by atoms with E-state index in [9.17, 15) is 8.78 Å². The van der Waals surface area contributed by atoms with Crippen molar-refractivity contribution in [3.8, 4) is 11.1 Å². The first-order valence-electron chi connectivity index (χ1n) is 7.21. The third-order valence-corrected chi connectivity index (χ3v) is 3.38. The van der Waals surface area contributed by atoms with Crippen molar-refractivity contribution in [3.05, 3.63) is 48.0 Å². The van der Waals surface area contributed by atoms with Gasteiger partial charge in [-0.25, -0.2) is 8.78 Å². The molecule has 0 aliphatic heterocycles. The van der Waals surface area contributed by atoms with Crippen molar-refractivity contribution in [3.63, 3.8) is 0 Å². The predicted octanol–water partition coefficient (Wildman–Crippen LogP) is 4.91. The standard InChI is InChI=1S/C15H13F2N3.C2H6/c1-9-5-18-6-10-3-13(11-7-19-20(2)8-11)14(15(16)17)4-12(9)10;1-2/h3-8,15H,1-2H3;1-2H3. The highest BCUT2D eigenvalue weighted by atomic mass is 19.3. The molecule has 0 aliphatic rings. The largest absolute Gasteiger partial charge is 0.275 e. The summed E-state index contributed by atoms with van der Waals surface area (Å²) in [6, 6.07) is 3.31. The molecule has 0 N–H and O–H groups in total. The van der Waals surface area contributed by atoms with Crippen LogP contribution in [-0.2, 0) is 7.05 Å². The van der Waals surface area contributed by atoms with E-state index in [-0.39, 0.29) is 5.56 Å². The lowest BCUT2D eigenvalue weighted by molar-refractivity contribution is 0.152. The molecule has 1 aromatic carbocycles. The molecule has 0 unspecified atom stereocenters. The summed E-state index contributed by atoms with van der Waals surface area (Å²) in [7, 11) is 1.76. The van der Waals surface area contributed by atoms with Crippen LogP contribution in [0.2, 0.25) is 0 Å². The van der Waals surface area contributed by atoms with Gasteiger partial charge < -0.3 is 0 Å². The molecule has 2 aromatic heterocycles. The van der Waals surface area contributed by atoms with E-state index in [1.165, 1.54) is 0 Å². The third kappa shape index (κ3) is 2.98. The van der Waals surface area contributed by atoms with E-state index >= 15 is 0 Å². The van der Waals surface area contributed by atoms with Gasteiger partial charge in [0.05, 0.1) is 6.20 Å². The molecule has 3 nitrogen and oxygen atoms in total. The van der Waals surface area contributed by atoms with Gasteiger partial charge in [0.2, 0.25) is 0 Å². The minimum absolute atomic E-state index is 0.0276. The highest BCUT2D eigenvalue weighted by Gasteiger charge is 2.17. The summed E-state index contributed by atoms with van der Waals surface area (Å²) in [4.78, 5) is 4.12. The number of aryl methyl sites for hydroxylation is 2. The van der Waals surface area contributed by atoms with Gasteiger partial charge in [0.1, 0.15) is 0 Å². The minimum Gasteiger partial charge on any atom is -0.275 e. The Morgan fingerprint density at radius 2 is 1.82 bits per heavy atom. The molecule has 0 saturated carbocycles. The Hall–Kier alpha value is -2.30. The van der Waals surface area contributed by atoms with Gasteiger partial charge >= 0.3 is 0 Å². The normalized spacial score (nSPS) is 10.7. The maximum atomic E-state index is 13.3. The number of halogens is 2. The van der Waals surface area contributed by atoms with Crippen LogP contribution in [0, 0.1) is 6.92 Å². The average Bonchev–Trinajstić information content (AvgIpc) is 2.95. The number of aromatic nitrogens is 3. The Bertz CT molecular complexity index is 779. The molecule has 2 heterocycles. The van der Waals surface area contributed by atoms with Crippen LogP contribution >= 0.6 is 0 Å². The van der Waals surface area contributed by atoms with Crippen molar-refractivity contribution in [2.75, 3.05) is 0 Å². The molecule has 116 valence electrons. The fourth-order valence-electron chi connectivity index (χ4n) is 2.37. The number of alkyl halides is 2. The SMILES string of the molecule is CC.Cc1cncc2cc(-c3cnn(C)c3)c(C(F)F)cc12. The number of hydrogen-bond donors (Lipinski definition) is 0. The third-order valence-electron chi connectivity index (χ3n) is 3.38. The maximum Gasteiger partial charge on any atom is 0.264 e. The zero-order valence-corrected chi connectivity index (χ0v) is 13.1. The molecule has 0 atom stereocenters. The van der Waals surface area contributed by atoms with E-state index in [0.29, 0.717) is 11.1 Å². The van der Waals surface area contributed by atoms with Crippen LogP contribution in [0.3, 0.4) is 0 Å². The second-order valence-corrected chi connectivity index (χ2v) is 4.82. The Balaban J connectivity index is 0.000000847. The fourth-order valence-corrected chi connectivity index (χ4v) is 2.37. The summed E-state index contributed by atoms with van der Waals surface area (Å²) in [5, 5.41) is 5.71. The number of pyridine rings is 1. The lowest BCUT2D eigenvalue weighted by atomic mass is 9.97. The van der Waals surface area contributed by atoms with Crippen molar-refractivity contribution >= 4 is 10.8 Å². The molecular formula is C17H19F2N3. The lowest BCUT2D eigenvalue weighted by Crippen LogP contribution is -1.92. The summed E-state index contributed by atoms with van der Waals surface area (Å²) < 4.78 is 28.3. The van der Waals surface area contributed by atoms with E-state index in [0.717, 1.165) is 16.3 Å². The van der Waals surface area contributed by atoms with Crippen LogP contribution in [0.5, 0.6) is 0 Å². The van der Waals surface area contributed by atoms with Gasteiger partial charge in [0.25, 0.3) is 6.43 Å². The second kappa shape index (κ2) is 6.64. The van der Waals surface area contributed by atoms with Gasteiger partial charge in [0.15, 0.2) is 0 Å². The van der Waals surface area contributed by atoms with E-state index in [1.807, 2.05) is 20.8 Å². The monoisotopic (exact) mass is 303 g/mol. The molecule has 22 heavy (non-hydrogen) atoms. The summed E-state index contributed by atoms with van der Waals surface area (Å²) in [5.74, 6) is 0. The number of fused-ring (bicyclic) bond motifs is 1. The smallest absolute Gasteiger partial charge is 0.264 e. The van der Waals surface area contributed by atoms with E-state index in [2.05, 4.69) is 10.1 Å². The zero-order chi connectivity index (χ0) is 16.3. The van der Waals surface area contributed by atoms with Crippen molar-refractivity contribution < 1.29 is 8.78 Å². The topological polar surface area (TPSA) is 30.7 Å². The minimum atomic E-state index is -2.53. The molecule has 0 amide bonds. The van der Waals surface area contributed by atoms with Crippen LogP contribution in [0.1, 0.15) is 31.4 Å². The summed E-state index contributed by atoms with van der Waals surface area (Å²) in [6.07, 6.45) is 4.17. The Kier molecular flexibility index (Phi) is 4.85. The van der Waals surface area contributed by atoms with Crippen LogP contribution in [0.15, 0.2) is 36.9 Å². The van der Waals surface area contributed by atoms with Crippen molar-refractivity contribution in [2.24, 2.45) is 7.05 Å². The first-order chi connectivity index (χ1) is 10.6. The van der Waals surface area contributed by atoms with Crippen LogP contribution in [0.4, 0.5) is 8.78 Å². The van der Waals surface area contributed by atoms with E-state index in [4.69, 9.17) is 0 Å². The highest BCUT2D eigenvalue weighted by Crippen LogP contribution is 2.35. The molecule has 0 aliphatic carbocycles.